The molecule has 4 atom stereocenters. The van der Waals surface area contributed by atoms with Crippen molar-refractivity contribution in [1.29, 1.82) is 0 Å². The van der Waals surface area contributed by atoms with Crippen LogP contribution >= 0.6 is 11.3 Å². The first-order valence-corrected chi connectivity index (χ1v) is 19.9. The number of benzene rings is 6. The first-order valence-electron chi connectivity index (χ1n) is 19.0. The summed E-state index contributed by atoms with van der Waals surface area (Å²) in [6.45, 7) is 2.37. The van der Waals surface area contributed by atoms with Gasteiger partial charge in [0.2, 0.25) is 0 Å². The maximum Gasteiger partial charge on any atom is 0.137 e. The van der Waals surface area contributed by atoms with E-state index < -0.39 is 0 Å². The molecule has 3 aliphatic rings. The molecule has 0 radical (unpaired) electrons. The quantitative estimate of drug-likeness (QED) is 0.166. The van der Waals surface area contributed by atoms with Gasteiger partial charge in [0.25, 0.3) is 0 Å². The largest absolute Gasteiger partial charge is 0.456 e. The van der Waals surface area contributed by atoms with Gasteiger partial charge in [-0.25, -0.2) is 0 Å². The lowest BCUT2D eigenvalue weighted by Crippen LogP contribution is -2.38. The molecule has 6 aromatic carbocycles. The van der Waals surface area contributed by atoms with Crippen LogP contribution in [0.25, 0.3) is 42.1 Å². The van der Waals surface area contributed by atoms with E-state index in [0.29, 0.717) is 17.8 Å². The van der Waals surface area contributed by atoms with Crippen LogP contribution in [0.3, 0.4) is 0 Å². The van der Waals surface area contributed by atoms with Gasteiger partial charge in [-0.2, -0.15) is 0 Å². The third kappa shape index (κ3) is 4.50. The van der Waals surface area contributed by atoms with Crippen molar-refractivity contribution in [2.45, 2.75) is 37.5 Å². The van der Waals surface area contributed by atoms with Crippen LogP contribution in [0, 0.1) is 11.8 Å². The summed E-state index contributed by atoms with van der Waals surface area (Å²) in [6, 6.07) is 49.6. The molecule has 53 heavy (non-hydrogen) atoms. The molecule has 11 rings (SSSR count). The molecule has 0 saturated heterocycles. The molecule has 0 spiro atoms. The maximum atomic E-state index is 6.96. The fourth-order valence-electron chi connectivity index (χ4n) is 10.3. The molecule has 4 unspecified atom stereocenters. The Labute approximate surface area is 314 Å². The number of para-hydroxylation sites is 2. The van der Waals surface area contributed by atoms with Crippen molar-refractivity contribution >= 4 is 70.5 Å². The fourth-order valence-corrected chi connectivity index (χ4v) is 11.4. The Hall–Kier alpha value is -5.64. The smallest absolute Gasteiger partial charge is 0.137 e. The van der Waals surface area contributed by atoms with Gasteiger partial charge in [-0.1, -0.05) is 128 Å². The molecule has 8 aromatic rings. The minimum atomic E-state index is -0.309. The standard InChI is InChI=1S/C50H39NOS/c1-32-15-13-16-33(29-32)50(40-23-9-5-19-36(40)37-20-6-10-24-41(37)50)34-30-43(48-38-21-7-11-26-44(38)52-45(48)31-34)51(35-17-3-2-4-18-35)42-25-14-28-47-49(42)39-22-8-12-27-46(39)53-47/h2-19,21-23,25-28,30-32,37,41H,20,24,29H2,1H3. The van der Waals surface area contributed by atoms with Crippen LogP contribution in [0.1, 0.15) is 48.8 Å². The maximum absolute atomic E-state index is 6.96. The van der Waals surface area contributed by atoms with Gasteiger partial charge in [0.05, 0.1) is 16.8 Å². The normalized spacial score (nSPS) is 22.1. The zero-order valence-electron chi connectivity index (χ0n) is 29.7. The Bertz CT molecular complexity index is 2820. The van der Waals surface area contributed by atoms with Gasteiger partial charge in [-0.15, -0.1) is 11.3 Å². The van der Waals surface area contributed by atoms with Crippen molar-refractivity contribution in [3.05, 3.63) is 186 Å². The third-order valence-corrected chi connectivity index (χ3v) is 13.5. The summed E-state index contributed by atoms with van der Waals surface area (Å²) < 4.78 is 9.56. The predicted octanol–water partition coefficient (Wildman–Crippen LogP) is 14.3. The van der Waals surface area contributed by atoms with E-state index in [-0.39, 0.29) is 5.41 Å². The fraction of sp³-hybridized carbons (Fsp3) is 0.160. The number of nitrogens with zero attached hydrogens (tertiary/aromatic N) is 1. The summed E-state index contributed by atoms with van der Waals surface area (Å²) in [5, 5.41) is 4.87. The molecule has 256 valence electrons. The highest BCUT2D eigenvalue weighted by Crippen LogP contribution is 2.63. The third-order valence-electron chi connectivity index (χ3n) is 12.3. The molecular formula is C50H39NOS. The second-order valence-electron chi connectivity index (χ2n) is 15.2. The van der Waals surface area contributed by atoms with E-state index in [4.69, 9.17) is 4.42 Å². The average Bonchev–Trinajstić information content (AvgIpc) is 3.87. The summed E-state index contributed by atoms with van der Waals surface area (Å²) in [7, 11) is 0. The Kier molecular flexibility index (Phi) is 6.97. The number of thiophene rings is 1. The van der Waals surface area contributed by atoms with Crippen LogP contribution in [0.2, 0.25) is 0 Å². The molecule has 2 aromatic heterocycles. The van der Waals surface area contributed by atoms with E-state index in [2.05, 4.69) is 176 Å². The number of rotatable bonds is 5. The topological polar surface area (TPSA) is 16.4 Å². The number of allylic oxidation sites excluding steroid dienone is 6. The van der Waals surface area contributed by atoms with E-state index in [9.17, 15) is 0 Å². The molecule has 0 saturated carbocycles. The monoisotopic (exact) mass is 701 g/mol. The van der Waals surface area contributed by atoms with Gasteiger partial charge in [0.15, 0.2) is 0 Å². The van der Waals surface area contributed by atoms with Gasteiger partial charge in [0, 0.05) is 36.7 Å². The summed E-state index contributed by atoms with van der Waals surface area (Å²) in [4.78, 5) is 2.53. The van der Waals surface area contributed by atoms with Crippen LogP contribution in [0.4, 0.5) is 17.1 Å². The minimum absolute atomic E-state index is 0.309. The number of hydrogen-bond donors (Lipinski definition) is 0. The van der Waals surface area contributed by atoms with Crippen molar-refractivity contribution in [1.82, 2.24) is 0 Å². The molecule has 0 N–H and O–H groups in total. The summed E-state index contributed by atoms with van der Waals surface area (Å²) in [5.41, 5.74) is 10.8. The van der Waals surface area contributed by atoms with Gasteiger partial charge in [-0.3, -0.25) is 0 Å². The van der Waals surface area contributed by atoms with Gasteiger partial charge >= 0.3 is 0 Å². The highest BCUT2D eigenvalue weighted by molar-refractivity contribution is 7.26. The lowest BCUT2D eigenvalue weighted by atomic mass is 9.59. The Morgan fingerprint density at radius 3 is 2.36 bits per heavy atom. The molecule has 0 bridgehead atoms. The van der Waals surface area contributed by atoms with Crippen molar-refractivity contribution in [3.8, 4) is 0 Å². The van der Waals surface area contributed by atoms with Crippen LogP contribution < -0.4 is 4.90 Å². The van der Waals surface area contributed by atoms with Gasteiger partial charge in [-0.05, 0) is 102 Å². The van der Waals surface area contributed by atoms with Crippen molar-refractivity contribution in [2.24, 2.45) is 11.8 Å². The number of hydrogen-bond acceptors (Lipinski definition) is 3. The molecule has 0 aliphatic heterocycles. The molecule has 2 nitrogen and oxygen atoms in total. The van der Waals surface area contributed by atoms with E-state index in [1.165, 1.54) is 48.1 Å². The number of fused-ring (bicyclic) bond motifs is 9. The zero-order chi connectivity index (χ0) is 35.1. The summed E-state index contributed by atoms with van der Waals surface area (Å²) in [6.07, 6.45) is 15.2. The SMILES string of the molecule is CC1C=CC=C(C2(c3cc(N(c4ccccc4)c4cccc5sc6ccccc6c45)c4c(c3)oc3ccccc34)c3ccccc3C3CC=CCC32)C1. The lowest BCUT2D eigenvalue weighted by molar-refractivity contribution is 0.325. The van der Waals surface area contributed by atoms with Crippen molar-refractivity contribution in [3.63, 3.8) is 0 Å². The number of furan rings is 1. The van der Waals surface area contributed by atoms with E-state index in [1.54, 1.807) is 0 Å². The van der Waals surface area contributed by atoms with Crippen LogP contribution in [0.5, 0.6) is 0 Å². The first kappa shape index (κ1) is 30.9. The van der Waals surface area contributed by atoms with Gasteiger partial charge in [0.1, 0.15) is 11.2 Å². The zero-order valence-corrected chi connectivity index (χ0v) is 30.5. The lowest BCUT2D eigenvalue weighted by Gasteiger charge is -2.43. The summed E-state index contributed by atoms with van der Waals surface area (Å²) in [5.74, 6) is 1.33. The van der Waals surface area contributed by atoms with E-state index in [1.807, 2.05) is 11.3 Å². The van der Waals surface area contributed by atoms with E-state index >= 15 is 0 Å². The summed E-state index contributed by atoms with van der Waals surface area (Å²) >= 11 is 1.87. The molecular weight excluding hydrogens is 663 g/mol. The Morgan fingerprint density at radius 2 is 1.45 bits per heavy atom. The molecule has 2 heterocycles. The highest BCUT2D eigenvalue weighted by atomic mass is 32.1. The van der Waals surface area contributed by atoms with E-state index in [0.717, 1.165) is 52.6 Å². The Morgan fingerprint density at radius 1 is 0.679 bits per heavy atom. The van der Waals surface area contributed by atoms with Crippen molar-refractivity contribution in [2.75, 3.05) is 4.90 Å². The number of anilines is 3. The molecule has 3 aliphatic carbocycles. The molecule has 0 amide bonds. The Balaban J connectivity index is 1.29. The average molecular weight is 702 g/mol. The second-order valence-corrected chi connectivity index (χ2v) is 16.3. The van der Waals surface area contributed by atoms with Crippen LogP contribution in [-0.4, -0.2) is 0 Å². The second kappa shape index (κ2) is 11.9. The minimum Gasteiger partial charge on any atom is -0.456 e. The van der Waals surface area contributed by atoms with Crippen LogP contribution in [-0.2, 0) is 5.41 Å². The first-order chi connectivity index (χ1) is 26.2. The highest BCUT2D eigenvalue weighted by Gasteiger charge is 2.55. The predicted molar refractivity (Wildman–Crippen MR) is 224 cm³/mol. The van der Waals surface area contributed by atoms with Crippen LogP contribution in [0.15, 0.2) is 174 Å². The molecule has 0 fully saturated rings. The van der Waals surface area contributed by atoms with Gasteiger partial charge < -0.3 is 9.32 Å². The van der Waals surface area contributed by atoms with Crippen molar-refractivity contribution < 1.29 is 4.42 Å². The molecule has 3 heteroatoms.